The molecule has 0 aliphatic carbocycles. The van der Waals surface area contributed by atoms with E-state index in [2.05, 4.69) is 4.98 Å². The monoisotopic (exact) mass is 273 g/mol. The first-order chi connectivity index (χ1) is 9.41. The zero-order valence-corrected chi connectivity index (χ0v) is 11.5. The van der Waals surface area contributed by atoms with Crippen molar-refractivity contribution < 1.29 is 9.72 Å². The summed E-state index contributed by atoms with van der Waals surface area (Å²) in [5.74, 6) is 0.676. The number of carbonyl (C=O) groups excluding carboxylic acids is 1. The lowest BCUT2D eigenvalue weighted by atomic mass is 10.1. The van der Waals surface area contributed by atoms with E-state index in [-0.39, 0.29) is 17.4 Å². The van der Waals surface area contributed by atoms with Crippen LogP contribution in [-0.4, -0.2) is 20.3 Å². The van der Waals surface area contributed by atoms with Crippen molar-refractivity contribution in [3.05, 3.63) is 52.1 Å². The number of carbonyl (C=O) groups is 1. The third-order valence-electron chi connectivity index (χ3n) is 3.02. The van der Waals surface area contributed by atoms with Crippen molar-refractivity contribution in [1.29, 1.82) is 0 Å². The summed E-state index contributed by atoms with van der Waals surface area (Å²) >= 11 is 0. The van der Waals surface area contributed by atoms with Gasteiger partial charge in [0.1, 0.15) is 11.5 Å². The van der Waals surface area contributed by atoms with Crippen LogP contribution in [0.4, 0.5) is 5.69 Å². The van der Waals surface area contributed by atoms with Crippen molar-refractivity contribution in [1.82, 2.24) is 9.55 Å². The van der Waals surface area contributed by atoms with Gasteiger partial charge < -0.3 is 0 Å². The predicted molar refractivity (Wildman–Crippen MR) is 74.3 cm³/mol. The topological polar surface area (TPSA) is 78.0 Å². The maximum Gasteiger partial charge on any atom is 0.293 e. The van der Waals surface area contributed by atoms with Gasteiger partial charge in [-0.05, 0) is 19.1 Å². The Kier molecular flexibility index (Phi) is 3.65. The van der Waals surface area contributed by atoms with Gasteiger partial charge in [0, 0.05) is 29.9 Å². The van der Waals surface area contributed by atoms with Gasteiger partial charge in [0.05, 0.1) is 4.92 Å². The zero-order chi connectivity index (χ0) is 14.9. The molecule has 104 valence electrons. The largest absolute Gasteiger partial charge is 0.297 e. The van der Waals surface area contributed by atoms with Crippen LogP contribution in [0.3, 0.4) is 0 Å². The quantitative estimate of drug-likeness (QED) is 0.487. The Morgan fingerprint density at radius 2 is 2.10 bits per heavy atom. The van der Waals surface area contributed by atoms with Gasteiger partial charge in [0.15, 0.2) is 5.78 Å². The summed E-state index contributed by atoms with van der Waals surface area (Å²) < 4.78 is 1.69. The van der Waals surface area contributed by atoms with Crippen LogP contribution in [0.25, 0.3) is 5.69 Å². The van der Waals surface area contributed by atoms with E-state index in [1.54, 1.807) is 29.1 Å². The van der Waals surface area contributed by atoms with Gasteiger partial charge in [-0.25, -0.2) is 4.98 Å². The minimum absolute atomic E-state index is 0.0994. The number of nitro benzene ring substituents is 1. The number of ketones is 1. The Bertz CT molecular complexity index is 674. The number of benzene rings is 1. The Hall–Kier alpha value is -2.50. The van der Waals surface area contributed by atoms with Gasteiger partial charge in [0.25, 0.3) is 5.69 Å². The Labute approximate surface area is 116 Å². The fourth-order valence-electron chi connectivity index (χ4n) is 2.04. The third kappa shape index (κ3) is 2.45. The van der Waals surface area contributed by atoms with Gasteiger partial charge in [-0.3, -0.25) is 19.5 Å². The van der Waals surface area contributed by atoms with Crippen molar-refractivity contribution in [3.8, 4) is 5.69 Å². The summed E-state index contributed by atoms with van der Waals surface area (Å²) in [6.07, 6.45) is 3.29. The van der Waals surface area contributed by atoms with Crippen molar-refractivity contribution >= 4 is 11.5 Å². The number of aromatic nitrogens is 2. The Morgan fingerprint density at radius 3 is 2.65 bits per heavy atom. The number of nitrogens with zero attached hydrogens (tertiary/aromatic N) is 3. The highest BCUT2D eigenvalue weighted by Gasteiger charge is 2.20. The van der Waals surface area contributed by atoms with Crippen LogP contribution in [-0.2, 0) is 0 Å². The first kappa shape index (κ1) is 13.9. The van der Waals surface area contributed by atoms with Crippen molar-refractivity contribution in [2.24, 2.45) is 0 Å². The highest BCUT2D eigenvalue weighted by molar-refractivity contribution is 5.95. The van der Waals surface area contributed by atoms with E-state index in [0.717, 1.165) is 5.82 Å². The third-order valence-corrected chi connectivity index (χ3v) is 3.02. The maximum atomic E-state index is 11.4. The smallest absolute Gasteiger partial charge is 0.293 e. The molecule has 1 aromatic carbocycles. The Balaban J connectivity index is 2.64. The lowest BCUT2D eigenvalue weighted by Crippen LogP contribution is -2.06. The number of nitro groups is 1. The molecule has 6 heteroatoms. The number of Topliss-reactive ketones (excluding diaryl/α,β-unsaturated/α-hetero) is 1. The SMILES string of the molecule is CC(=O)c1ccc(-n2ccnc2C(C)C)c([N+](=O)[O-])c1. The molecule has 0 N–H and O–H groups in total. The molecule has 0 radical (unpaired) electrons. The van der Waals surface area contributed by atoms with Crippen LogP contribution in [0, 0.1) is 10.1 Å². The molecule has 0 aliphatic heterocycles. The molecule has 0 spiro atoms. The number of imidazole rings is 1. The fraction of sp³-hybridized carbons (Fsp3) is 0.286. The van der Waals surface area contributed by atoms with Crippen molar-refractivity contribution in [2.45, 2.75) is 26.7 Å². The van der Waals surface area contributed by atoms with E-state index < -0.39 is 4.92 Å². The molecule has 0 saturated carbocycles. The lowest BCUT2D eigenvalue weighted by molar-refractivity contribution is -0.384. The average Bonchev–Trinajstić information content (AvgIpc) is 2.86. The standard InChI is InChI=1S/C14H15N3O3/c1-9(2)14-15-6-7-16(14)12-5-4-11(10(3)18)8-13(12)17(19)20/h4-9H,1-3H3. The second-order valence-electron chi connectivity index (χ2n) is 4.83. The van der Waals surface area contributed by atoms with Crippen LogP contribution >= 0.6 is 0 Å². The van der Waals surface area contributed by atoms with Gasteiger partial charge in [0.2, 0.25) is 0 Å². The molecule has 2 rings (SSSR count). The first-order valence-corrected chi connectivity index (χ1v) is 6.24. The lowest BCUT2D eigenvalue weighted by Gasteiger charge is -2.11. The van der Waals surface area contributed by atoms with Gasteiger partial charge in [-0.2, -0.15) is 0 Å². The van der Waals surface area contributed by atoms with Crippen molar-refractivity contribution in [2.75, 3.05) is 0 Å². The second-order valence-corrected chi connectivity index (χ2v) is 4.83. The van der Waals surface area contributed by atoms with E-state index in [9.17, 15) is 14.9 Å². The van der Waals surface area contributed by atoms with Gasteiger partial charge in [-0.15, -0.1) is 0 Å². The summed E-state index contributed by atoms with van der Waals surface area (Å²) in [5, 5.41) is 11.2. The van der Waals surface area contributed by atoms with Gasteiger partial charge >= 0.3 is 0 Å². The minimum atomic E-state index is -0.480. The summed E-state index contributed by atoms with van der Waals surface area (Å²) in [7, 11) is 0. The number of hydrogen-bond donors (Lipinski definition) is 0. The number of rotatable bonds is 4. The van der Waals surface area contributed by atoms with E-state index in [1.807, 2.05) is 13.8 Å². The van der Waals surface area contributed by atoms with Crippen LogP contribution in [0.5, 0.6) is 0 Å². The summed E-state index contributed by atoms with van der Waals surface area (Å²) in [4.78, 5) is 26.3. The average molecular weight is 273 g/mol. The molecule has 0 atom stereocenters. The summed E-state index contributed by atoms with van der Waals surface area (Å²) in [5.41, 5.74) is 0.644. The zero-order valence-electron chi connectivity index (χ0n) is 11.5. The highest BCUT2D eigenvalue weighted by atomic mass is 16.6. The molecule has 0 fully saturated rings. The molecule has 0 amide bonds. The summed E-state index contributed by atoms with van der Waals surface area (Å²) in [6, 6.07) is 4.49. The van der Waals surface area contributed by atoms with Gasteiger partial charge in [-0.1, -0.05) is 13.8 Å². The molecule has 0 aliphatic rings. The minimum Gasteiger partial charge on any atom is -0.297 e. The molecule has 0 bridgehead atoms. The molecular formula is C14H15N3O3. The molecule has 6 nitrogen and oxygen atoms in total. The molecule has 0 saturated heterocycles. The molecular weight excluding hydrogens is 258 g/mol. The highest BCUT2D eigenvalue weighted by Crippen LogP contribution is 2.27. The van der Waals surface area contributed by atoms with Crippen LogP contribution < -0.4 is 0 Å². The van der Waals surface area contributed by atoms with E-state index >= 15 is 0 Å². The van der Waals surface area contributed by atoms with Crippen LogP contribution in [0.1, 0.15) is 42.9 Å². The number of hydrogen-bond acceptors (Lipinski definition) is 4. The van der Waals surface area contributed by atoms with E-state index in [0.29, 0.717) is 11.3 Å². The predicted octanol–water partition coefficient (Wildman–Crippen LogP) is 3.11. The Morgan fingerprint density at radius 1 is 1.40 bits per heavy atom. The van der Waals surface area contributed by atoms with Crippen LogP contribution in [0.15, 0.2) is 30.6 Å². The summed E-state index contributed by atoms with van der Waals surface area (Å²) in [6.45, 7) is 5.32. The maximum absolute atomic E-state index is 11.4. The first-order valence-electron chi connectivity index (χ1n) is 6.24. The molecule has 1 aromatic heterocycles. The molecule has 0 unspecified atom stereocenters. The molecule has 20 heavy (non-hydrogen) atoms. The molecule has 2 aromatic rings. The van der Waals surface area contributed by atoms with Crippen LogP contribution in [0.2, 0.25) is 0 Å². The normalized spacial score (nSPS) is 10.8. The van der Waals surface area contributed by atoms with E-state index in [1.165, 1.54) is 13.0 Å². The van der Waals surface area contributed by atoms with E-state index in [4.69, 9.17) is 0 Å². The fourth-order valence-corrected chi connectivity index (χ4v) is 2.04. The van der Waals surface area contributed by atoms with Crippen molar-refractivity contribution in [3.63, 3.8) is 0 Å². The second kappa shape index (κ2) is 5.24. The molecule has 1 heterocycles.